The molecule has 2 N–H and O–H groups in total. The van der Waals surface area contributed by atoms with Gasteiger partial charge < -0.3 is 10.1 Å². The van der Waals surface area contributed by atoms with Crippen molar-refractivity contribution in [2.45, 2.75) is 44.9 Å². The van der Waals surface area contributed by atoms with Crippen LogP contribution in [0.3, 0.4) is 0 Å². The summed E-state index contributed by atoms with van der Waals surface area (Å²) in [5, 5.41) is 4.80. The van der Waals surface area contributed by atoms with Gasteiger partial charge in [0, 0.05) is 23.8 Å². The Kier molecular flexibility index (Phi) is 7.34. The minimum absolute atomic E-state index is 0.0144. The number of carbonyl (C=O) groups excluding carboxylic acids is 1. The van der Waals surface area contributed by atoms with Gasteiger partial charge in [-0.05, 0) is 45.4 Å². The summed E-state index contributed by atoms with van der Waals surface area (Å²) in [6.07, 6.45) is 1.75. The van der Waals surface area contributed by atoms with Crippen molar-refractivity contribution in [3.63, 3.8) is 0 Å². The second kappa shape index (κ2) is 9.47. The van der Waals surface area contributed by atoms with Crippen LogP contribution in [0.5, 0.6) is 0 Å². The van der Waals surface area contributed by atoms with Crippen molar-refractivity contribution in [2.24, 2.45) is 0 Å². The van der Waals surface area contributed by atoms with Gasteiger partial charge in [-0.25, -0.2) is 9.37 Å². The number of hydrogen-bond acceptors (Lipinski definition) is 6. The predicted octanol–water partition coefficient (Wildman–Crippen LogP) is 3.34. The van der Waals surface area contributed by atoms with Crippen molar-refractivity contribution in [3.05, 3.63) is 45.6 Å². The molecule has 0 spiro atoms. The minimum atomic E-state index is -3.99. The molecule has 0 unspecified atom stereocenters. The highest BCUT2D eigenvalue weighted by Gasteiger charge is 2.43. The summed E-state index contributed by atoms with van der Waals surface area (Å²) >= 11 is 7.09. The Morgan fingerprint density at radius 1 is 1.45 bits per heavy atom. The molecule has 1 fully saturated rings. The Hall–Kier alpha value is -1.63. The fourth-order valence-electron chi connectivity index (χ4n) is 3.12. The van der Waals surface area contributed by atoms with Gasteiger partial charge in [-0.15, -0.1) is 11.3 Å². The highest BCUT2D eigenvalue weighted by atomic mass is 35.5. The summed E-state index contributed by atoms with van der Waals surface area (Å²) in [7, 11) is -3.99. The molecule has 0 saturated carbocycles. The zero-order chi connectivity index (χ0) is 22.8. The molecule has 1 aliphatic rings. The number of rotatable bonds is 6. The smallest absolute Gasteiger partial charge is 0.280 e. The van der Waals surface area contributed by atoms with Crippen LogP contribution in [0.1, 0.15) is 38.2 Å². The zero-order valence-corrected chi connectivity index (χ0v) is 19.7. The van der Waals surface area contributed by atoms with Crippen molar-refractivity contribution in [2.75, 3.05) is 18.5 Å². The number of aromatic nitrogens is 1. The lowest BCUT2D eigenvalue weighted by molar-refractivity contribution is -0.120. The summed E-state index contributed by atoms with van der Waals surface area (Å²) in [5.74, 6) is -1.17. The molecule has 12 heteroatoms. The van der Waals surface area contributed by atoms with Crippen LogP contribution in [0.15, 0.2) is 29.8 Å². The van der Waals surface area contributed by atoms with E-state index in [4.69, 9.17) is 16.3 Å². The topological polar surface area (TPSA) is 101 Å². The number of ether oxygens (including phenoxy) is 1. The number of halogens is 2. The van der Waals surface area contributed by atoms with E-state index in [9.17, 15) is 17.6 Å². The number of amides is 1. The third-order valence-corrected chi connectivity index (χ3v) is 7.31. The second-order valence-electron chi connectivity index (χ2n) is 7.99. The first-order valence-electron chi connectivity index (χ1n) is 9.54. The fraction of sp³-hybridized carbons (Fsp3) is 0.474. The maximum atomic E-state index is 13.4. The fourth-order valence-corrected chi connectivity index (χ4v) is 5.61. The standard InChI is InChI=1S/C19H24ClFN4O4S2/c1-19(2,3)29-8-7-25-16(17(26)23-12-4-5-14(21)13(20)10-12)11-15(24-31(25,27)28)18-22-6-9-30-18/h4-6,9-10,15-16,24H,7-8,11H2,1-3H3,(H,23,26)/t15-,16+/m1/s1. The molecule has 3 rings (SSSR count). The Balaban J connectivity index is 1.85. The molecular formula is C19H24ClFN4O4S2. The van der Waals surface area contributed by atoms with Crippen LogP contribution in [-0.2, 0) is 19.7 Å². The Bertz CT molecular complexity index is 1030. The highest BCUT2D eigenvalue weighted by Crippen LogP contribution is 2.31. The zero-order valence-electron chi connectivity index (χ0n) is 17.3. The van der Waals surface area contributed by atoms with Crippen molar-refractivity contribution in [1.82, 2.24) is 14.0 Å². The van der Waals surface area contributed by atoms with Crippen molar-refractivity contribution < 1.29 is 22.3 Å². The SMILES string of the molecule is CC(C)(C)OCCN1[C@H](C(=O)Nc2ccc(F)c(Cl)c2)C[C@H](c2nccs2)NS1(=O)=O. The molecule has 1 saturated heterocycles. The molecule has 0 radical (unpaired) electrons. The normalized spacial score (nSPS) is 21.7. The molecule has 0 bridgehead atoms. The van der Waals surface area contributed by atoms with E-state index < -0.39 is 39.6 Å². The molecule has 1 aliphatic heterocycles. The predicted molar refractivity (Wildman–Crippen MR) is 118 cm³/mol. The number of nitrogens with zero attached hydrogens (tertiary/aromatic N) is 2. The van der Waals surface area contributed by atoms with E-state index >= 15 is 0 Å². The molecule has 2 atom stereocenters. The van der Waals surface area contributed by atoms with Crippen molar-refractivity contribution >= 4 is 44.7 Å². The van der Waals surface area contributed by atoms with E-state index in [0.29, 0.717) is 5.01 Å². The van der Waals surface area contributed by atoms with Gasteiger partial charge in [0.1, 0.15) is 16.9 Å². The molecule has 1 aromatic carbocycles. The molecule has 1 aromatic heterocycles. The van der Waals surface area contributed by atoms with Crippen LogP contribution in [-0.4, -0.2) is 48.4 Å². The lowest BCUT2D eigenvalue weighted by Crippen LogP contribution is -2.58. The van der Waals surface area contributed by atoms with Gasteiger partial charge in [0.2, 0.25) is 5.91 Å². The molecule has 0 aliphatic carbocycles. The summed E-state index contributed by atoms with van der Waals surface area (Å²) in [4.78, 5) is 17.3. The van der Waals surface area contributed by atoms with Gasteiger partial charge >= 0.3 is 0 Å². The average Bonchev–Trinajstić information content (AvgIpc) is 3.19. The third kappa shape index (κ3) is 6.21. The monoisotopic (exact) mass is 490 g/mol. The van der Waals surface area contributed by atoms with E-state index in [1.165, 1.54) is 23.5 Å². The summed E-state index contributed by atoms with van der Waals surface area (Å²) in [6.45, 7) is 5.67. The van der Waals surface area contributed by atoms with Crippen LogP contribution < -0.4 is 10.0 Å². The Labute approximate surface area is 189 Å². The van der Waals surface area contributed by atoms with E-state index in [2.05, 4.69) is 15.0 Å². The maximum absolute atomic E-state index is 13.4. The van der Waals surface area contributed by atoms with Crippen LogP contribution in [0.25, 0.3) is 0 Å². The maximum Gasteiger partial charge on any atom is 0.280 e. The number of nitrogens with one attached hydrogen (secondary N) is 2. The Morgan fingerprint density at radius 3 is 2.81 bits per heavy atom. The number of benzene rings is 1. The van der Waals surface area contributed by atoms with Crippen LogP contribution in [0.2, 0.25) is 5.02 Å². The number of anilines is 1. The molecule has 8 nitrogen and oxygen atoms in total. The first-order valence-corrected chi connectivity index (χ1v) is 12.2. The van der Waals surface area contributed by atoms with E-state index in [1.54, 1.807) is 11.6 Å². The van der Waals surface area contributed by atoms with Crippen LogP contribution in [0.4, 0.5) is 10.1 Å². The molecule has 2 aromatic rings. The molecule has 1 amide bonds. The lowest BCUT2D eigenvalue weighted by atomic mass is 10.1. The van der Waals surface area contributed by atoms with E-state index in [0.717, 1.165) is 10.4 Å². The van der Waals surface area contributed by atoms with Gasteiger partial charge in [0.05, 0.1) is 23.3 Å². The quantitative estimate of drug-likeness (QED) is 0.646. The molecule has 31 heavy (non-hydrogen) atoms. The lowest BCUT2D eigenvalue weighted by Gasteiger charge is -2.38. The first kappa shape index (κ1) is 24.0. The largest absolute Gasteiger partial charge is 0.374 e. The number of hydrogen-bond donors (Lipinski definition) is 2. The van der Waals surface area contributed by atoms with Gasteiger partial charge in [0.15, 0.2) is 0 Å². The first-order chi connectivity index (χ1) is 14.5. The summed E-state index contributed by atoms with van der Waals surface area (Å²) < 4.78 is 48.8. The summed E-state index contributed by atoms with van der Waals surface area (Å²) in [6, 6.07) is 2.10. The van der Waals surface area contributed by atoms with Crippen LogP contribution >= 0.6 is 22.9 Å². The van der Waals surface area contributed by atoms with E-state index in [1.807, 2.05) is 20.8 Å². The van der Waals surface area contributed by atoms with Gasteiger partial charge in [-0.2, -0.15) is 17.4 Å². The molecular weight excluding hydrogens is 467 g/mol. The molecule has 170 valence electrons. The van der Waals surface area contributed by atoms with Gasteiger partial charge in [0.25, 0.3) is 10.2 Å². The molecule has 2 heterocycles. The minimum Gasteiger partial charge on any atom is -0.374 e. The van der Waals surface area contributed by atoms with Crippen molar-refractivity contribution in [3.8, 4) is 0 Å². The second-order valence-corrected chi connectivity index (χ2v) is 11.0. The third-order valence-electron chi connectivity index (χ3n) is 4.49. The summed E-state index contributed by atoms with van der Waals surface area (Å²) in [5.41, 5.74) is -0.192. The average molecular weight is 491 g/mol. The van der Waals surface area contributed by atoms with Crippen LogP contribution in [0, 0.1) is 5.82 Å². The highest BCUT2D eigenvalue weighted by molar-refractivity contribution is 7.87. The van der Waals surface area contributed by atoms with Crippen molar-refractivity contribution in [1.29, 1.82) is 0 Å². The number of thiazole rings is 1. The Morgan fingerprint density at radius 2 is 2.19 bits per heavy atom. The van der Waals surface area contributed by atoms with E-state index in [-0.39, 0.29) is 30.3 Å². The van der Waals surface area contributed by atoms with Gasteiger partial charge in [-0.1, -0.05) is 11.6 Å². The van der Waals surface area contributed by atoms with Gasteiger partial charge in [-0.3, -0.25) is 4.79 Å². The number of carbonyl (C=O) groups is 1.